The number of nitrogens with zero attached hydrogens (tertiary/aromatic N) is 2. The van der Waals surface area contributed by atoms with Gasteiger partial charge in [0.2, 0.25) is 5.91 Å². The SMILES string of the molecule is CCN(CC)Cc1ccc(CNC(=O)CCc2nc3ccccc3c(=O)[nH]2)cc1. The molecule has 1 heterocycles. The lowest BCUT2D eigenvalue weighted by molar-refractivity contribution is -0.121. The van der Waals surface area contributed by atoms with E-state index < -0.39 is 0 Å². The van der Waals surface area contributed by atoms with E-state index in [0.717, 1.165) is 25.2 Å². The Kier molecular flexibility index (Phi) is 7.14. The van der Waals surface area contributed by atoms with Crippen LogP contribution in [0, 0.1) is 0 Å². The Morgan fingerprint density at radius 1 is 1.03 bits per heavy atom. The Morgan fingerprint density at radius 3 is 2.45 bits per heavy atom. The summed E-state index contributed by atoms with van der Waals surface area (Å²) in [5.74, 6) is 0.470. The zero-order valence-corrected chi connectivity index (χ0v) is 17.1. The van der Waals surface area contributed by atoms with Gasteiger partial charge in [0.05, 0.1) is 10.9 Å². The molecule has 0 saturated carbocycles. The number of aryl methyl sites for hydroxylation is 1. The van der Waals surface area contributed by atoms with Crippen LogP contribution in [0.1, 0.15) is 37.2 Å². The highest BCUT2D eigenvalue weighted by Crippen LogP contribution is 2.09. The van der Waals surface area contributed by atoms with E-state index >= 15 is 0 Å². The van der Waals surface area contributed by atoms with Gasteiger partial charge < -0.3 is 10.3 Å². The lowest BCUT2D eigenvalue weighted by atomic mass is 10.1. The van der Waals surface area contributed by atoms with Gasteiger partial charge in [0, 0.05) is 25.9 Å². The summed E-state index contributed by atoms with van der Waals surface area (Å²) in [5.41, 5.74) is 2.82. The smallest absolute Gasteiger partial charge is 0.258 e. The molecule has 6 heteroatoms. The zero-order valence-electron chi connectivity index (χ0n) is 17.1. The van der Waals surface area contributed by atoms with Crippen molar-refractivity contribution in [2.24, 2.45) is 0 Å². The number of hydrogen-bond acceptors (Lipinski definition) is 4. The second-order valence-electron chi connectivity index (χ2n) is 7.08. The number of H-pyrrole nitrogens is 1. The van der Waals surface area contributed by atoms with Gasteiger partial charge in [0.15, 0.2) is 0 Å². The van der Waals surface area contributed by atoms with Crippen LogP contribution in [0.4, 0.5) is 0 Å². The molecule has 1 aromatic heterocycles. The Balaban J connectivity index is 1.49. The fraction of sp³-hybridized carbons (Fsp3) is 0.348. The predicted octanol–water partition coefficient (Wildman–Crippen LogP) is 3.01. The van der Waals surface area contributed by atoms with Crippen LogP contribution in [-0.2, 0) is 24.3 Å². The molecule has 0 atom stereocenters. The summed E-state index contributed by atoms with van der Waals surface area (Å²) in [7, 11) is 0. The van der Waals surface area contributed by atoms with Crippen molar-refractivity contribution >= 4 is 16.8 Å². The number of benzene rings is 2. The third-order valence-corrected chi connectivity index (χ3v) is 5.06. The molecule has 2 aromatic carbocycles. The molecule has 0 unspecified atom stereocenters. The number of fused-ring (bicyclic) bond motifs is 1. The van der Waals surface area contributed by atoms with E-state index in [1.807, 2.05) is 12.1 Å². The van der Waals surface area contributed by atoms with Crippen molar-refractivity contribution in [3.8, 4) is 0 Å². The summed E-state index contributed by atoms with van der Waals surface area (Å²) in [4.78, 5) is 33.8. The number of aromatic nitrogens is 2. The van der Waals surface area contributed by atoms with E-state index in [-0.39, 0.29) is 17.9 Å². The number of hydrogen-bond donors (Lipinski definition) is 2. The van der Waals surface area contributed by atoms with E-state index in [0.29, 0.717) is 29.7 Å². The number of carbonyl (C=O) groups excluding carboxylic acids is 1. The van der Waals surface area contributed by atoms with Crippen molar-refractivity contribution in [3.63, 3.8) is 0 Å². The minimum absolute atomic E-state index is 0.0620. The van der Waals surface area contributed by atoms with Crippen molar-refractivity contribution in [2.45, 2.75) is 39.8 Å². The average Bonchev–Trinajstić information content (AvgIpc) is 2.75. The van der Waals surface area contributed by atoms with Gasteiger partial charge in [-0.15, -0.1) is 0 Å². The molecule has 0 saturated heterocycles. The normalized spacial score (nSPS) is 11.1. The first-order valence-electron chi connectivity index (χ1n) is 10.1. The number of aromatic amines is 1. The molecule has 0 fully saturated rings. The minimum Gasteiger partial charge on any atom is -0.352 e. The number of para-hydroxylation sites is 1. The topological polar surface area (TPSA) is 78.1 Å². The lowest BCUT2D eigenvalue weighted by Gasteiger charge is -2.18. The fourth-order valence-electron chi connectivity index (χ4n) is 3.24. The van der Waals surface area contributed by atoms with E-state index in [1.165, 1.54) is 5.56 Å². The van der Waals surface area contributed by atoms with Crippen LogP contribution < -0.4 is 10.9 Å². The van der Waals surface area contributed by atoms with Gasteiger partial charge in [-0.2, -0.15) is 0 Å². The number of rotatable bonds is 9. The molecule has 1 amide bonds. The summed E-state index contributed by atoms with van der Waals surface area (Å²) in [5, 5.41) is 3.49. The summed E-state index contributed by atoms with van der Waals surface area (Å²) in [6, 6.07) is 15.5. The molecule has 29 heavy (non-hydrogen) atoms. The average molecular weight is 393 g/mol. The largest absolute Gasteiger partial charge is 0.352 e. The Bertz CT molecular complexity index is 1010. The number of nitrogens with one attached hydrogen (secondary N) is 2. The standard InChI is InChI=1S/C23H28N4O2/c1-3-27(4-2)16-18-11-9-17(10-12-18)15-24-22(28)14-13-21-25-20-8-6-5-7-19(20)23(29)26-21/h5-12H,3-4,13-16H2,1-2H3,(H,24,28)(H,25,26,29). The highest BCUT2D eigenvalue weighted by atomic mass is 16.1. The number of amides is 1. The molecule has 0 radical (unpaired) electrons. The molecule has 152 valence electrons. The lowest BCUT2D eigenvalue weighted by Crippen LogP contribution is -2.24. The number of carbonyl (C=O) groups is 1. The van der Waals surface area contributed by atoms with Gasteiger partial charge in [-0.25, -0.2) is 4.98 Å². The van der Waals surface area contributed by atoms with Crippen LogP contribution in [0.2, 0.25) is 0 Å². The summed E-state index contributed by atoms with van der Waals surface area (Å²) in [6.45, 7) is 7.83. The fourth-order valence-corrected chi connectivity index (χ4v) is 3.24. The van der Waals surface area contributed by atoms with E-state index in [4.69, 9.17) is 0 Å². The molecule has 3 rings (SSSR count). The van der Waals surface area contributed by atoms with Crippen molar-refractivity contribution in [1.82, 2.24) is 20.2 Å². The van der Waals surface area contributed by atoms with Crippen molar-refractivity contribution in [3.05, 3.63) is 75.8 Å². The van der Waals surface area contributed by atoms with Crippen LogP contribution in [0.5, 0.6) is 0 Å². The summed E-state index contributed by atoms with van der Waals surface area (Å²) < 4.78 is 0. The first-order chi connectivity index (χ1) is 14.1. The molecular weight excluding hydrogens is 364 g/mol. The zero-order chi connectivity index (χ0) is 20.6. The highest BCUT2D eigenvalue weighted by molar-refractivity contribution is 5.78. The first-order valence-corrected chi connectivity index (χ1v) is 10.1. The minimum atomic E-state index is -0.171. The van der Waals surface area contributed by atoms with Crippen LogP contribution >= 0.6 is 0 Å². The molecule has 0 aliphatic carbocycles. The molecule has 0 aliphatic heterocycles. The van der Waals surface area contributed by atoms with E-state index in [2.05, 4.69) is 58.3 Å². The van der Waals surface area contributed by atoms with Crippen LogP contribution in [-0.4, -0.2) is 33.9 Å². The Morgan fingerprint density at radius 2 is 1.72 bits per heavy atom. The quantitative estimate of drug-likeness (QED) is 0.587. The molecule has 0 aliphatic rings. The van der Waals surface area contributed by atoms with Gasteiger partial charge in [-0.3, -0.25) is 14.5 Å². The van der Waals surface area contributed by atoms with Gasteiger partial charge in [-0.05, 0) is 36.3 Å². The summed E-state index contributed by atoms with van der Waals surface area (Å²) in [6.07, 6.45) is 0.677. The van der Waals surface area contributed by atoms with E-state index in [9.17, 15) is 9.59 Å². The highest BCUT2D eigenvalue weighted by Gasteiger charge is 2.07. The Labute approximate surface area is 171 Å². The molecule has 3 aromatic rings. The third kappa shape index (κ3) is 5.74. The van der Waals surface area contributed by atoms with Crippen molar-refractivity contribution in [1.29, 1.82) is 0 Å². The molecule has 2 N–H and O–H groups in total. The van der Waals surface area contributed by atoms with Crippen LogP contribution in [0.3, 0.4) is 0 Å². The first kappa shape index (κ1) is 20.7. The monoisotopic (exact) mass is 392 g/mol. The molecular formula is C23H28N4O2. The second kappa shape index (κ2) is 9.98. The maximum absolute atomic E-state index is 12.2. The van der Waals surface area contributed by atoms with Gasteiger partial charge >= 0.3 is 0 Å². The van der Waals surface area contributed by atoms with Crippen LogP contribution in [0.15, 0.2) is 53.3 Å². The van der Waals surface area contributed by atoms with Gasteiger partial charge in [-0.1, -0.05) is 50.2 Å². The molecule has 0 spiro atoms. The predicted molar refractivity (Wildman–Crippen MR) is 116 cm³/mol. The third-order valence-electron chi connectivity index (χ3n) is 5.06. The molecule has 6 nitrogen and oxygen atoms in total. The maximum Gasteiger partial charge on any atom is 0.258 e. The van der Waals surface area contributed by atoms with Gasteiger partial charge in [0.25, 0.3) is 5.56 Å². The second-order valence-corrected chi connectivity index (χ2v) is 7.08. The van der Waals surface area contributed by atoms with Gasteiger partial charge in [0.1, 0.15) is 5.82 Å². The maximum atomic E-state index is 12.2. The van der Waals surface area contributed by atoms with E-state index in [1.54, 1.807) is 12.1 Å². The van der Waals surface area contributed by atoms with Crippen molar-refractivity contribution in [2.75, 3.05) is 13.1 Å². The van der Waals surface area contributed by atoms with Crippen LogP contribution in [0.25, 0.3) is 10.9 Å². The van der Waals surface area contributed by atoms with Crippen molar-refractivity contribution < 1.29 is 4.79 Å². The summed E-state index contributed by atoms with van der Waals surface area (Å²) >= 11 is 0. The Hall–Kier alpha value is -2.99. The molecule has 0 bridgehead atoms.